The molecule has 1 atom stereocenters. The molecule has 76 valence electrons. The molecule has 0 saturated heterocycles. The zero-order valence-electron chi connectivity index (χ0n) is 8.05. The lowest BCUT2D eigenvalue weighted by Gasteiger charge is -2.17. The summed E-state index contributed by atoms with van der Waals surface area (Å²) in [6.45, 7) is 2.13. The fourth-order valence-electron chi connectivity index (χ4n) is 1.35. The molecule has 0 aromatic heterocycles. The van der Waals surface area contributed by atoms with Crippen LogP contribution in [0.2, 0.25) is 0 Å². The van der Waals surface area contributed by atoms with Gasteiger partial charge in [0.15, 0.2) is 0 Å². The zero-order chi connectivity index (χ0) is 10.6. The quantitative estimate of drug-likeness (QED) is 0.590. The first-order valence-corrected chi connectivity index (χ1v) is 4.42. The highest BCUT2D eigenvalue weighted by molar-refractivity contribution is 6.32. The van der Waals surface area contributed by atoms with E-state index in [1.54, 1.807) is 0 Å². The van der Waals surface area contributed by atoms with Crippen molar-refractivity contribution in [1.29, 1.82) is 0 Å². The first-order chi connectivity index (χ1) is 6.65. The van der Waals surface area contributed by atoms with Crippen molar-refractivity contribution in [2.24, 2.45) is 5.73 Å². The van der Waals surface area contributed by atoms with Gasteiger partial charge in [0.25, 0.3) is 0 Å². The average molecular weight is 195 g/mol. The molecule has 0 fully saturated rings. The van der Waals surface area contributed by atoms with Gasteiger partial charge < -0.3 is 20.4 Å². The number of benzene rings is 1. The van der Waals surface area contributed by atoms with Crippen LogP contribution in [0.1, 0.15) is 17.2 Å². The molecule has 1 rings (SSSR count). The minimum Gasteiger partial charge on any atom is -0.402 e. The molecular weight excluding hydrogens is 181 g/mol. The normalized spacial score (nSPS) is 12.6. The summed E-state index contributed by atoms with van der Waals surface area (Å²) in [5.74, 6) is 0. The van der Waals surface area contributed by atoms with Crippen LogP contribution in [-0.4, -0.2) is 23.9 Å². The molecule has 1 unspecified atom stereocenters. The molecule has 0 aliphatic rings. The molecule has 4 nitrogen and oxygen atoms in total. The van der Waals surface area contributed by atoms with Crippen molar-refractivity contribution in [3.8, 4) is 0 Å². The summed E-state index contributed by atoms with van der Waals surface area (Å²) in [6, 6.07) is 7.54. The van der Waals surface area contributed by atoms with Crippen LogP contribution >= 0.6 is 0 Å². The summed E-state index contributed by atoms with van der Waals surface area (Å²) < 4.78 is 4.85. The second kappa shape index (κ2) is 5.12. The van der Waals surface area contributed by atoms with Crippen LogP contribution in [-0.2, 0) is 4.65 Å². The lowest BCUT2D eigenvalue weighted by Crippen LogP contribution is -2.26. The number of rotatable bonds is 4. The monoisotopic (exact) mass is 195 g/mol. The molecule has 5 heteroatoms. The Morgan fingerprint density at radius 2 is 2.07 bits per heavy atom. The number of aryl methyl sites for hydroxylation is 1. The van der Waals surface area contributed by atoms with Crippen LogP contribution in [0.5, 0.6) is 0 Å². The highest BCUT2D eigenvalue weighted by Gasteiger charge is 2.19. The summed E-state index contributed by atoms with van der Waals surface area (Å²) in [6.07, 6.45) is -0.476. The van der Waals surface area contributed by atoms with Crippen LogP contribution < -0.4 is 5.73 Å². The standard InChI is InChI=1S/C9H14BNO3/c1-7-4-2-3-5-8(7)9(6-11)14-10(12)13/h2-5,9,12-13H,6,11H2,1H3. The van der Waals surface area contributed by atoms with E-state index in [2.05, 4.69) is 0 Å². The minimum absolute atomic E-state index is 0.211. The third-order valence-corrected chi connectivity index (χ3v) is 2.04. The highest BCUT2D eigenvalue weighted by Crippen LogP contribution is 2.19. The van der Waals surface area contributed by atoms with Crippen LogP contribution in [0.4, 0.5) is 0 Å². The van der Waals surface area contributed by atoms with Crippen LogP contribution in [0.15, 0.2) is 24.3 Å². The van der Waals surface area contributed by atoms with E-state index >= 15 is 0 Å². The van der Waals surface area contributed by atoms with Gasteiger partial charge in [-0.25, -0.2) is 0 Å². The third-order valence-electron chi connectivity index (χ3n) is 2.04. The van der Waals surface area contributed by atoms with E-state index in [1.807, 2.05) is 31.2 Å². The maximum atomic E-state index is 8.68. The topological polar surface area (TPSA) is 75.7 Å². The fraction of sp³-hybridized carbons (Fsp3) is 0.333. The SMILES string of the molecule is Cc1ccccc1C(CN)OB(O)O. The molecule has 0 amide bonds. The Bertz CT molecular complexity index is 293. The van der Waals surface area contributed by atoms with Crippen molar-refractivity contribution < 1.29 is 14.7 Å². The summed E-state index contributed by atoms with van der Waals surface area (Å²) >= 11 is 0. The molecule has 0 bridgehead atoms. The Morgan fingerprint density at radius 3 is 2.57 bits per heavy atom. The smallest absolute Gasteiger partial charge is 0.402 e. The van der Waals surface area contributed by atoms with Crippen molar-refractivity contribution in [3.05, 3.63) is 35.4 Å². The first kappa shape index (κ1) is 11.2. The minimum atomic E-state index is -1.79. The molecule has 0 radical (unpaired) electrons. The van der Waals surface area contributed by atoms with Gasteiger partial charge in [-0.3, -0.25) is 0 Å². The van der Waals surface area contributed by atoms with Crippen LogP contribution in [0.3, 0.4) is 0 Å². The molecule has 0 aliphatic carbocycles. The lowest BCUT2D eigenvalue weighted by molar-refractivity contribution is 0.123. The van der Waals surface area contributed by atoms with E-state index in [9.17, 15) is 0 Å². The van der Waals surface area contributed by atoms with Gasteiger partial charge in [-0.2, -0.15) is 0 Å². The van der Waals surface area contributed by atoms with Crippen molar-refractivity contribution in [2.75, 3.05) is 6.54 Å². The zero-order valence-corrected chi connectivity index (χ0v) is 8.05. The molecule has 0 saturated carbocycles. The molecule has 0 aliphatic heterocycles. The predicted molar refractivity (Wildman–Crippen MR) is 54.3 cm³/mol. The Labute approximate surface area is 83.5 Å². The van der Waals surface area contributed by atoms with Crippen molar-refractivity contribution in [3.63, 3.8) is 0 Å². The Balaban J connectivity index is 2.83. The van der Waals surface area contributed by atoms with E-state index < -0.39 is 13.4 Å². The summed E-state index contributed by atoms with van der Waals surface area (Å²) in [5.41, 5.74) is 7.37. The molecule has 1 aromatic rings. The van der Waals surface area contributed by atoms with Gasteiger partial charge in [-0.05, 0) is 18.1 Å². The van der Waals surface area contributed by atoms with Crippen molar-refractivity contribution in [2.45, 2.75) is 13.0 Å². The average Bonchev–Trinajstić information content (AvgIpc) is 2.15. The second-order valence-corrected chi connectivity index (χ2v) is 3.04. The highest BCUT2D eigenvalue weighted by atomic mass is 16.6. The fourth-order valence-corrected chi connectivity index (χ4v) is 1.35. The van der Waals surface area contributed by atoms with E-state index in [-0.39, 0.29) is 6.54 Å². The summed E-state index contributed by atoms with van der Waals surface area (Å²) in [4.78, 5) is 0. The van der Waals surface area contributed by atoms with Crippen LogP contribution in [0, 0.1) is 6.92 Å². The van der Waals surface area contributed by atoms with Gasteiger partial charge in [0, 0.05) is 6.54 Å². The summed E-state index contributed by atoms with van der Waals surface area (Å²) in [7, 11) is -1.79. The number of hydrogen-bond donors (Lipinski definition) is 3. The number of nitrogens with two attached hydrogens (primary N) is 1. The Kier molecular flexibility index (Phi) is 4.09. The van der Waals surface area contributed by atoms with Gasteiger partial charge in [0.05, 0.1) is 6.10 Å². The van der Waals surface area contributed by atoms with E-state index in [0.29, 0.717) is 0 Å². The van der Waals surface area contributed by atoms with Gasteiger partial charge >= 0.3 is 7.32 Å². The largest absolute Gasteiger partial charge is 0.634 e. The Morgan fingerprint density at radius 1 is 1.43 bits per heavy atom. The van der Waals surface area contributed by atoms with Gasteiger partial charge in [0.2, 0.25) is 0 Å². The van der Waals surface area contributed by atoms with Crippen LogP contribution in [0.25, 0.3) is 0 Å². The van der Waals surface area contributed by atoms with Gasteiger partial charge in [-0.1, -0.05) is 24.3 Å². The maximum absolute atomic E-state index is 8.68. The molecule has 1 aromatic carbocycles. The number of hydrogen-bond acceptors (Lipinski definition) is 4. The van der Waals surface area contributed by atoms with Gasteiger partial charge in [-0.15, -0.1) is 0 Å². The van der Waals surface area contributed by atoms with E-state index in [4.69, 9.17) is 20.4 Å². The molecular formula is C9H14BNO3. The molecule has 14 heavy (non-hydrogen) atoms. The van der Waals surface area contributed by atoms with E-state index in [0.717, 1.165) is 11.1 Å². The van der Waals surface area contributed by atoms with Gasteiger partial charge in [0.1, 0.15) is 0 Å². The maximum Gasteiger partial charge on any atom is 0.634 e. The molecule has 0 spiro atoms. The first-order valence-electron chi connectivity index (χ1n) is 4.42. The predicted octanol–water partition coefficient (Wildman–Crippen LogP) is -0.0191. The van der Waals surface area contributed by atoms with Crippen molar-refractivity contribution >= 4 is 7.32 Å². The Hall–Kier alpha value is -0.875. The van der Waals surface area contributed by atoms with E-state index in [1.165, 1.54) is 0 Å². The molecule has 4 N–H and O–H groups in total. The third kappa shape index (κ3) is 2.82. The molecule has 0 heterocycles. The lowest BCUT2D eigenvalue weighted by atomic mass is 10.0. The summed E-state index contributed by atoms with van der Waals surface area (Å²) in [5, 5.41) is 17.4. The second-order valence-electron chi connectivity index (χ2n) is 3.04. The van der Waals surface area contributed by atoms with Crippen molar-refractivity contribution in [1.82, 2.24) is 0 Å².